The van der Waals surface area contributed by atoms with Crippen LogP contribution >= 0.6 is 0 Å². The molecule has 1 N–H and O–H groups in total. The van der Waals surface area contributed by atoms with Crippen LogP contribution in [-0.2, 0) is 20.9 Å². The highest BCUT2D eigenvalue weighted by atomic mass is 16.5. The second-order valence-corrected chi connectivity index (χ2v) is 5.03. The van der Waals surface area contributed by atoms with Crippen LogP contribution < -0.4 is 0 Å². The van der Waals surface area contributed by atoms with Crippen molar-refractivity contribution in [2.24, 2.45) is 0 Å². The van der Waals surface area contributed by atoms with Gasteiger partial charge in [-0.25, -0.2) is 4.79 Å². The highest BCUT2D eigenvalue weighted by Crippen LogP contribution is 2.09. The van der Waals surface area contributed by atoms with Crippen LogP contribution in [0.25, 0.3) is 6.08 Å². The minimum absolute atomic E-state index is 0.0202. The summed E-state index contributed by atoms with van der Waals surface area (Å²) in [6, 6.07) is 7.39. The molecule has 0 spiro atoms. The van der Waals surface area contributed by atoms with E-state index in [4.69, 9.17) is 9.84 Å². The molecule has 5 heteroatoms. The lowest BCUT2D eigenvalue weighted by molar-refractivity contribution is -0.136. The monoisotopic (exact) mass is 291 g/mol. The van der Waals surface area contributed by atoms with Crippen LogP contribution in [-0.4, -0.2) is 41.6 Å². The molecule has 5 nitrogen and oxygen atoms in total. The first-order chi connectivity index (χ1) is 9.88. The van der Waals surface area contributed by atoms with Gasteiger partial charge in [-0.05, 0) is 37.1 Å². The lowest BCUT2D eigenvalue weighted by atomic mass is 10.1. The summed E-state index contributed by atoms with van der Waals surface area (Å²) in [6.07, 6.45) is 2.63. The Kier molecular flexibility index (Phi) is 6.62. The molecule has 1 rings (SSSR count). The zero-order valence-electron chi connectivity index (χ0n) is 12.6. The van der Waals surface area contributed by atoms with E-state index in [0.29, 0.717) is 6.54 Å². The highest BCUT2D eigenvalue weighted by Gasteiger charge is 2.10. The molecule has 1 amide bonds. The van der Waals surface area contributed by atoms with Crippen molar-refractivity contribution < 1.29 is 19.4 Å². The number of nitrogens with zero attached hydrogens (tertiary/aromatic N) is 1. The number of hydrogen-bond donors (Lipinski definition) is 1. The Labute approximate surface area is 124 Å². The number of aliphatic carboxylic acids is 1. The Morgan fingerprint density at radius 3 is 2.71 bits per heavy atom. The smallest absolute Gasteiger partial charge is 0.328 e. The van der Waals surface area contributed by atoms with Gasteiger partial charge >= 0.3 is 5.97 Å². The van der Waals surface area contributed by atoms with Crippen molar-refractivity contribution in [1.82, 2.24) is 4.90 Å². The Morgan fingerprint density at radius 1 is 1.38 bits per heavy atom. The molecule has 1 aromatic rings. The van der Waals surface area contributed by atoms with Crippen LogP contribution in [0.5, 0.6) is 0 Å². The van der Waals surface area contributed by atoms with Crippen molar-refractivity contribution in [3.8, 4) is 0 Å². The first kappa shape index (κ1) is 16.9. The number of hydrogen-bond acceptors (Lipinski definition) is 3. The fourth-order valence-corrected chi connectivity index (χ4v) is 1.67. The van der Waals surface area contributed by atoms with Crippen molar-refractivity contribution in [2.75, 3.05) is 13.7 Å². The fraction of sp³-hybridized carbons (Fsp3) is 0.375. The summed E-state index contributed by atoms with van der Waals surface area (Å²) in [7, 11) is 1.71. The van der Waals surface area contributed by atoms with Crippen molar-refractivity contribution in [3.63, 3.8) is 0 Å². The van der Waals surface area contributed by atoms with Gasteiger partial charge in [0.15, 0.2) is 0 Å². The van der Waals surface area contributed by atoms with Crippen LogP contribution in [0.2, 0.25) is 0 Å². The number of carboxylic acid groups (broad SMARTS) is 1. The third kappa shape index (κ3) is 6.72. The van der Waals surface area contributed by atoms with Gasteiger partial charge in [-0.3, -0.25) is 4.79 Å². The molecule has 0 aliphatic carbocycles. The predicted octanol–water partition coefficient (Wildman–Crippen LogP) is 2.17. The van der Waals surface area contributed by atoms with E-state index in [1.54, 1.807) is 11.9 Å². The molecule has 1 aromatic carbocycles. The number of carbonyl (C=O) groups excluding carboxylic acids is 1. The summed E-state index contributed by atoms with van der Waals surface area (Å²) in [5.41, 5.74) is 1.72. The first-order valence-electron chi connectivity index (χ1n) is 6.74. The van der Waals surface area contributed by atoms with Gasteiger partial charge in [-0.2, -0.15) is 0 Å². The number of carboxylic acids is 1. The molecule has 0 aliphatic rings. The van der Waals surface area contributed by atoms with Gasteiger partial charge in [0, 0.05) is 19.7 Å². The van der Waals surface area contributed by atoms with E-state index in [1.165, 1.54) is 6.08 Å². The van der Waals surface area contributed by atoms with Gasteiger partial charge in [0.2, 0.25) is 5.91 Å². The highest BCUT2D eigenvalue weighted by molar-refractivity contribution is 5.85. The molecule has 0 bridgehead atoms. The molecule has 0 fully saturated rings. The Morgan fingerprint density at radius 2 is 2.10 bits per heavy atom. The van der Waals surface area contributed by atoms with Crippen LogP contribution in [0.1, 0.15) is 25.0 Å². The first-order valence-corrected chi connectivity index (χ1v) is 6.74. The summed E-state index contributed by atoms with van der Waals surface area (Å²) in [6.45, 7) is 4.28. The largest absolute Gasteiger partial charge is 0.478 e. The lowest BCUT2D eigenvalue weighted by Gasteiger charge is -2.18. The second-order valence-electron chi connectivity index (χ2n) is 5.03. The molecule has 0 saturated carbocycles. The molecule has 21 heavy (non-hydrogen) atoms. The van der Waals surface area contributed by atoms with Crippen molar-refractivity contribution in [1.29, 1.82) is 0 Å². The topological polar surface area (TPSA) is 66.8 Å². The molecule has 0 aliphatic heterocycles. The molecule has 0 heterocycles. The number of ether oxygens (including phenoxy) is 1. The average molecular weight is 291 g/mol. The van der Waals surface area contributed by atoms with E-state index in [0.717, 1.165) is 17.2 Å². The van der Waals surface area contributed by atoms with Gasteiger partial charge in [-0.1, -0.05) is 18.2 Å². The van der Waals surface area contributed by atoms with Gasteiger partial charge in [0.1, 0.15) is 6.61 Å². The normalized spacial score (nSPS) is 11.0. The lowest BCUT2D eigenvalue weighted by Crippen LogP contribution is -2.30. The molecule has 0 unspecified atom stereocenters. The van der Waals surface area contributed by atoms with Gasteiger partial charge in [-0.15, -0.1) is 0 Å². The van der Waals surface area contributed by atoms with E-state index in [2.05, 4.69) is 0 Å². The molecule has 0 radical (unpaired) electrons. The van der Waals surface area contributed by atoms with E-state index in [1.807, 2.05) is 38.1 Å². The van der Waals surface area contributed by atoms with Crippen molar-refractivity contribution in [2.45, 2.75) is 26.5 Å². The van der Waals surface area contributed by atoms with Crippen LogP contribution in [0.15, 0.2) is 30.3 Å². The van der Waals surface area contributed by atoms with Crippen molar-refractivity contribution in [3.05, 3.63) is 41.5 Å². The van der Waals surface area contributed by atoms with E-state index < -0.39 is 5.97 Å². The maximum absolute atomic E-state index is 11.9. The van der Waals surface area contributed by atoms with Crippen LogP contribution in [0.4, 0.5) is 0 Å². The number of benzene rings is 1. The van der Waals surface area contributed by atoms with Gasteiger partial charge < -0.3 is 14.7 Å². The van der Waals surface area contributed by atoms with Crippen molar-refractivity contribution >= 4 is 18.0 Å². The van der Waals surface area contributed by atoms with E-state index in [-0.39, 0.29) is 18.6 Å². The molecule has 114 valence electrons. The van der Waals surface area contributed by atoms with E-state index in [9.17, 15) is 9.59 Å². The average Bonchev–Trinajstić information content (AvgIpc) is 2.42. The molecule has 0 aromatic heterocycles. The van der Waals surface area contributed by atoms with Crippen LogP contribution in [0, 0.1) is 0 Å². The SMILES string of the molecule is CC(C)OCC(=O)N(C)Cc1cccc(/C=C/C(=O)O)c1. The molecular formula is C16H21NO4. The van der Waals surface area contributed by atoms with Gasteiger partial charge in [0.25, 0.3) is 0 Å². The zero-order valence-corrected chi connectivity index (χ0v) is 12.6. The summed E-state index contributed by atoms with van der Waals surface area (Å²) in [4.78, 5) is 23.9. The Bertz CT molecular complexity index is 523. The summed E-state index contributed by atoms with van der Waals surface area (Å²) in [5.74, 6) is -1.08. The third-order valence-corrected chi connectivity index (χ3v) is 2.76. The summed E-state index contributed by atoms with van der Waals surface area (Å²) >= 11 is 0. The van der Waals surface area contributed by atoms with E-state index >= 15 is 0 Å². The number of rotatable bonds is 7. The minimum Gasteiger partial charge on any atom is -0.478 e. The predicted molar refractivity (Wildman–Crippen MR) is 80.7 cm³/mol. The van der Waals surface area contributed by atoms with Gasteiger partial charge in [0.05, 0.1) is 6.10 Å². The summed E-state index contributed by atoms with van der Waals surface area (Å²) in [5, 5.41) is 8.61. The number of amides is 1. The number of likely N-dealkylation sites (N-methyl/N-ethyl adjacent to an activating group) is 1. The molecular weight excluding hydrogens is 270 g/mol. The van der Waals surface area contributed by atoms with Crippen LogP contribution in [0.3, 0.4) is 0 Å². The quantitative estimate of drug-likeness (QED) is 0.782. The maximum atomic E-state index is 11.9. The fourth-order valence-electron chi connectivity index (χ4n) is 1.67. The molecule has 0 saturated heterocycles. The Balaban J connectivity index is 2.63. The third-order valence-electron chi connectivity index (χ3n) is 2.76. The Hall–Kier alpha value is -2.14. The second kappa shape index (κ2) is 8.21. The molecule has 0 atom stereocenters. The summed E-state index contributed by atoms with van der Waals surface area (Å²) < 4.78 is 5.28. The zero-order chi connectivity index (χ0) is 15.8. The maximum Gasteiger partial charge on any atom is 0.328 e. The number of carbonyl (C=O) groups is 2. The standard InChI is InChI=1S/C16H21NO4/c1-12(2)21-11-15(18)17(3)10-14-6-4-5-13(9-14)7-8-16(19)20/h4-9,12H,10-11H2,1-3H3,(H,19,20)/b8-7+. The minimum atomic E-state index is -0.987.